The topological polar surface area (TPSA) is 27.3 Å². The summed E-state index contributed by atoms with van der Waals surface area (Å²) >= 11 is 0. The molecule has 35 heavy (non-hydrogen) atoms. The van der Waals surface area contributed by atoms with Crippen LogP contribution in [0.25, 0.3) is 0 Å². The Hall–Kier alpha value is -2.26. The fraction of sp³-hybridized carbons (Fsp3) is 0.538. The van der Waals surface area contributed by atoms with Crippen molar-refractivity contribution in [3.63, 3.8) is 0 Å². The van der Waals surface area contributed by atoms with Crippen LogP contribution >= 0.6 is 0 Å². The standard InChI is InChI=1S/C26H33F6N3/c1-16(2)15-35(4)24-20(11-19-8-6-5-7-17(3)23(19)34-24)14-33-13-18-9-21(25(27,28)29)12-22(10-18)26(30,31)32/h7,9-12,16,24,33-34H,5-6,8,13-15H2,1-4H3. The molecule has 0 fully saturated rings. The highest BCUT2D eigenvalue weighted by Gasteiger charge is 2.37. The second kappa shape index (κ2) is 10.8. The SMILES string of the molecule is CC1=CCCCC2=C1NC(N(C)CC(C)C)C(CNCc1cc(C(F)(F)F)cc(C(F)(F)F)c1)=C2. The molecule has 2 N–H and O–H groups in total. The number of halogens is 6. The molecular formula is C26H33F6N3. The van der Waals surface area contributed by atoms with E-state index in [0.717, 1.165) is 49.2 Å². The zero-order valence-corrected chi connectivity index (χ0v) is 20.5. The van der Waals surface area contributed by atoms with Gasteiger partial charge in [-0.3, -0.25) is 4.90 Å². The van der Waals surface area contributed by atoms with E-state index in [1.165, 1.54) is 11.1 Å². The Labute approximate surface area is 203 Å². The highest BCUT2D eigenvalue weighted by atomic mass is 19.4. The van der Waals surface area contributed by atoms with Crippen molar-refractivity contribution in [3.8, 4) is 0 Å². The molecule has 1 aromatic rings. The van der Waals surface area contributed by atoms with Gasteiger partial charge in [-0.05, 0) is 79.6 Å². The molecule has 9 heteroatoms. The van der Waals surface area contributed by atoms with Crippen LogP contribution in [0.3, 0.4) is 0 Å². The van der Waals surface area contributed by atoms with Gasteiger partial charge >= 0.3 is 12.4 Å². The van der Waals surface area contributed by atoms with Gasteiger partial charge in [-0.1, -0.05) is 26.0 Å². The molecule has 1 aliphatic carbocycles. The summed E-state index contributed by atoms with van der Waals surface area (Å²) in [5.74, 6) is 0.419. The lowest BCUT2D eigenvalue weighted by atomic mass is 9.96. The average Bonchev–Trinajstić information content (AvgIpc) is 2.92. The van der Waals surface area contributed by atoms with Crippen LogP contribution in [0.5, 0.6) is 0 Å². The minimum atomic E-state index is -4.86. The van der Waals surface area contributed by atoms with Crippen LogP contribution < -0.4 is 10.6 Å². The van der Waals surface area contributed by atoms with Gasteiger partial charge in [-0.15, -0.1) is 0 Å². The summed E-state index contributed by atoms with van der Waals surface area (Å²) < 4.78 is 79.2. The van der Waals surface area contributed by atoms with Crippen molar-refractivity contribution in [2.24, 2.45) is 5.92 Å². The number of benzene rings is 1. The van der Waals surface area contributed by atoms with Gasteiger partial charge in [0.05, 0.1) is 11.1 Å². The minimum Gasteiger partial charge on any atom is -0.366 e. The lowest BCUT2D eigenvalue weighted by molar-refractivity contribution is -0.143. The number of hydrogen-bond donors (Lipinski definition) is 2. The molecular weight excluding hydrogens is 468 g/mol. The van der Waals surface area contributed by atoms with Crippen LogP contribution in [-0.2, 0) is 18.9 Å². The molecule has 1 unspecified atom stereocenters. The van der Waals surface area contributed by atoms with Crippen molar-refractivity contribution in [2.75, 3.05) is 20.1 Å². The Bertz CT molecular complexity index is 969. The normalized spacial score (nSPS) is 19.4. The smallest absolute Gasteiger partial charge is 0.366 e. The van der Waals surface area contributed by atoms with Crippen LogP contribution in [0, 0.1) is 5.92 Å². The first-order valence-electron chi connectivity index (χ1n) is 11.8. The van der Waals surface area contributed by atoms with E-state index in [1.54, 1.807) is 0 Å². The van der Waals surface area contributed by atoms with Crippen molar-refractivity contribution >= 4 is 0 Å². The Morgan fingerprint density at radius 3 is 2.23 bits per heavy atom. The van der Waals surface area contributed by atoms with Gasteiger partial charge in [-0.25, -0.2) is 0 Å². The largest absolute Gasteiger partial charge is 0.416 e. The van der Waals surface area contributed by atoms with E-state index >= 15 is 0 Å². The molecule has 0 aromatic heterocycles. The second-order valence-corrected chi connectivity index (χ2v) is 9.80. The summed E-state index contributed by atoms with van der Waals surface area (Å²) in [6.07, 6.45) is -2.57. The number of nitrogens with one attached hydrogen (secondary N) is 2. The summed E-state index contributed by atoms with van der Waals surface area (Å²) in [4.78, 5) is 2.19. The fourth-order valence-electron chi connectivity index (χ4n) is 4.67. The van der Waals surface area contributed by atoms with Crippen molar-refractivity contribution in [3.05, 3.63) is 69.5 Å². The van der Waals surface area contributed by atoms with Crippen LogP contribution in [0.15, 0.2) is 52.8 Å². The second-order valence-electron chi connectivity index (χ2n) is 9.80. The van der Waals surface area contributed by atoms with E-state index in [2.05, 4.69) is 48.5 Å². The van der Waals surface area contributed by atoms with Gasteiger partial charge in [0.1, 0.15) is 6.17 Å². The van der Waals surface area contributed by atoms with E-state index in [-0.39, 0.29) is 24.3 Å². The molecule has 1 aromatic carbocycles. The Morgan fingerprint density at radius 2 is 1.66 bits per heavy atom. The number of alkyl halides is 6. The maximum Gasteiger partial charge on any atom is 0.416 e. The van der Waals surface area contributed by atoms with Crippen molar-refractivity contribution in [1.82, 2.24) is 15.5 Å². The van der Waals surface area contributed by atoms with E-state index in [4.69, 9.17) is 0 Å². The average molecular weight is 502 g/mol. The highest BCUT2D eigenvalue weighted by Crippen LogP contribution is 2.36. The van der Waals surface area contributed by atoms with Gasteiger partial charge < -0.3 is 10.6 Å². The third kappa shape index (κ3) is 7.13. The molecule has 194 valence electrons. The van der Waals surface area contributed by atoms with Crippen molar-refractivity contribution < 1.29 is 26.3 Å². The fourth-order valence-corrected chi connectivity index (χ4v) is 4.67. The minimum absolute atomic E-state index is 0.0586. The van der Waals surface area contributed by atoms with Gasteiger partial charge in [-0.2, -0.15) is 26.3 Å². The Kier molecular flexibility index (Phi) is 8.42. The highest BCUT2D eigenvalue weighted by molar-refractivity contribution is 5.45. The lowest BCUT2D eigenvalue weighted by Crippen LogP contribution is -2.49. The number of likely N-dealkylation sites (N-methyl/N-ethyl adjacent to an activating group) is 1. The third-order valence-electron chi connectivity index (χ3n) is 6.21. The molecule has 3 nitrogen and oxygen atoms in total. The quantitative estimate of drug-likeness (QED) is 0.410. The van der Waals surface area contributed by atoms with Gasteiger partial charge in [0.2, 0.25) is 0 Å². The summed E-state index contributed by atoms with van der Waals surface area (Å²) in [6, 6.07) is 1.71. The molecule has 3 rings (SSSR count). The first-order valence-corrected chi connectivity index (χ1v) is 11.8. The van der Waals surface area contributed by atoms with Gasteiger partial charge in [0, 0.05) is 25.3 Å². The predicted molar refractivity (Wildman–Crippen MR) is 125 cm³/mol. The monoisotopic (exact) mass is 501 g/mol. The Morgan fingerprint density at radius 1 is 1.03 bits per heavy atom. The molecule has 0 bridgehead atoms. The maximum absolute atomic E-state index is 13.2. The van der Waals surface area contributed by atoms with E-state index in [0.29, 0.717) is 12.5 Å². The van der Waals surface area contributed by atoms with E-state index < -0.39 is 23.5 Å². The predicted octanol–water partition coefficient (Wildman–Crippen LogP) is 6.64. The third-order valence-corrected chi connectivity index (χ3v) is 6.21. The summed E-state index contributed by atoms with van der Waals surface area (Å²) in [5.41, 5.74) is 1.83. The number of rotatable bonds is 7. The molecule has 1 aliphatic heterocycles. The van der Waals surface area contributed by atoms with Crippen molar-refractivity contribution in [1.29, 1.82) is 0 Å². The first kappa shape index (κ1) is 27.3. The van der Waals surface area contributed by atoms with Crippen molar-refractivity contribution in [2.45, 2.75) is 65.1 Å². The maximum atomic E-state index is 13.2. The number of allylic oxidation sites excluding steroid dienone is 4. The molecule has 0 saturated heterocycles. The van der Waals surface area contributed by atoms with Crippen LogP contribution in [0.1, 0.15) is 56.7 Å². The number of hydrogen-bond acceptors (Lipinski definition) is 3. The van der Waals surface area contributed by atoms with Gasteiger partial charge in [0.15, 0.2) is 0 Å². The van der Waals surface area contributed by atoms with Crippen LogP contribution in [-0.4, -0.2) is 31.2 Å². The zero-order chi connectivity index (χ0) is 26.0. The Balaban J connectivity index is 1.83. The summed E-state index contributed by atoms with van der Waals surface area (Å²) in [5, 5.41) is 6.72. The molecule has 0 saturated carbocycles. The summed E-state index contributed by atoms with van der Waals surface area (Å²) in [6.45, 7) is 7.36. The van der Waals surface area contributed by atoms with E-state index in [9.17, 15) is 26.3 Å². The zero-order valence-electron chi connectivity index (χ0n) is 20.5. The lowest BCUT2D eigenvalue weighted by Gasteiger charge is -2.37. The molecule has 0 spiro atoms. The molecule has 0 amide bonds. The molecule has 1 heterocycles. The number of dihydropyridines is 1. The van der Waals surface area contributed by atoms with Crippen LogP contribution in [0.2, 0.25) is 0 Å². The number of nitrogens with zero attached hydrogens (tertiary/aromatic N) is 1. The molecule has 1 atom stereocenters. The van der Waals surface area contributed by atoms with Gasteiger partial charge in [0.25, 0.3) is 0 Å². The van der Waals surface area contributed by atoms with E-state index in [1.807, 2.05) is 7.05 Å². The molecule has 0 radical (unpaired) electrons. The molecule has 2 aliphatic rings. The first-order chi connectivity index (χ1) is 16.3. The van der Waals surface area contributed by atoms with Crippen LogP contribution in [0.4, 0.5) is 26.3 Å². The summed E-state index contributed by atoms with van der Waals surface area (Å²) in [7, 11) is 2.01.